The average Bonchev–Trinajstić information content (AvgIpc) is 3.29. The van der Waals surface area contributed by atoms with Gasteiger partial charge >= 0.3 is 0 Å². The number of carbonyl (C=O) groups excluding carboxylic acids is 1. The van der Waals surface area contributed by atoms with E-state index < -0.39 is 6.04 Å². The van der Waals surface area contributed by atoms with Gasteiger partial charge in [-0.3, -0.25) is 9.78 Å². The number of aryl methyl sites for hydroxylation is 2. The molecule has 0 aliphatic carbocycles. The maximum Gasteiger partial charge on any atom is 0.287 e. The molecule has 4 aromatic rings. The molecule has 4 rings (SSSR count). The summed E-state index contributed by atoms with van der Waals surface area (Å²) >= 11 is 0. The van der Waals surface area contributed by atoms with E-state index in [9.17, 15) is 4.79 Å². The van der Waals surface area contributed by atoms with Crippen molar-refractivity contribution in [2.45, 2.75) is 26.8 Å². The van der Waals surface area contributed by atoms with Crippen LogP contribution in [0.25, 0.3) is 22.4 Å². The number of nitrogens with zero attached hydrogens (tertiary/aromatic N) is 3. The predicted molar refractivity (Wildman–Crippen MR) is 99.1 cm³/mol. The zero-order valence-corrected chi connectivity index (χ0v) is 15.2. The van der Waals surface area contributed by atoms with Crippen LogP contribution in [-0.2, 0) is 0 Å². The number of carbonyl (C=O) groups is 1. The SMILES string of the molecule is Cc1c(C(=O)N[C@H](C)c2nc(-c3cccnc3)no2)oc2c(C)cccc12. The molecule has 0 saturated heterocycles. The first-order valence-corrected chi connectivity index (χ1v) is 8.58. The number of hydrogen-bond donors (Lipinski definition) is 1. The van der Waals surface area contributed by atoms with Crippen LogP contribution >= 0.6 is 0 Å². The summed E-state index contributed by atoms with van der Waals surface area (Å²) in [6.45, 7) is 5.60. The van der Waals surface area contributed by atoms with Crippen LogP contribution in [0.1, 0.15) is 40.5 Å². The molecule has 1 N–H and O–H groups in total. The van der Waals surface area contributed by atoms with Crippen molar-refractivity contribution in [3.63, 3.8) is 0 Å². The Kier molecular flexibility index (Phi) is 4.19. The summed E-state index contributed by atoms with van der Waals surface area (Å²) in [4.78, 5) is 21.1. The fourth-order valence-electron chi connectivity index (χ4n) is 2.95. The van der Waals surface area contributed by atoms with Crippen molar-refractivity contribution in [2.24, 2.45) is 0 Å². The molecule has 3 aromatic heterocycles. The number of fused-ring (bicyclic) bond motifs is 1. The number of hydrogen-bond acceptors (Lipinski definition) is 6. The van der Waals surface area contributed by atoms with Gasteiger partial charge in [-0.15, -0.1) is 0 Å². The number of rotatable bonds is 4. The van der Waals surface area contributed by atoms with Gasteiger partial charge in [0.05, 0.1) is 0 Å². The molecule has 0 aliphatic rings. The molecule has 0 bridgehead atoms. The van der Waals surface area contributed by atoms with Crippen LogP contribution in [0, 0.1) is 13.8 Å². The van der Waals surface area contributed by atoms with E-state index in [0.717, 1.165) is 27.7 Å². The Balaban J connectivity index is 1.56. The Morgan fingerprint density at radius 3 is 2.78 bits per heavy atom. The molecule has 3 heterocycles. The molecule has 1 atom stereocenters. The van der Waals surface area contributed by atoms with Crippen LogP contribution in [0.15, 0.2) is 51.7 Å². The largest absolute Gasteiger partial charge is 0.450 e. The third kappa shape index (κ3) is 3.08. The summed E-state index contributed by atoms with van der Waals surface area (Å²) in [6.07, 6.45) is 3.32. The van der Waals surface area contributed by atoms with Crippen molar-refractivity contribution in [3.05, 3.63) is 65.5 Å². The van der Waals surface area contributed by atoms with E-state index in [-0.39, 0.29) is 11.7 Å². The molecule has 0 aliphatic heterocycles. The van der Waals surface area contributed by atoms with E-state index in [1.54, 1.807) is 25.4 Å². The first-order chi connectivity index (χ1) is 13.0. The maximum atomic E-state index is 12.7. The van der Waals surface area contributed by atoms with Crippen LogP contribution in [0.2, 0.25) is 0 Å². The van der Waals surface area contributed by atoms with Crippen molar-refractivity contribution in [2.75, 3.05) is 0 Å². The van der Waals surface area contributed by atoms with Crippen molar-refractivity contribution in [1.29, 1.82) is 0 Å². The van der Waals surface area contributed by atoms with Gasteiger partial charge in [-0.05, 0) is 38.5 Å². The minimum atomic E-state index is -0.468. The van der Waals surface area contributed by atoms with Gasteiger partial charge in [-0.1, -0.05) is 23.4 Å². The average molecular weight is 362 g/mol. The van der Waals surface area contributed by atoms with E-state index in [1.807, 2.05) is 38.1 Å². The molecule has 0 fully saturated rings. The molecule has 1 aromatic carbocycles. The molecular weight excluding hydrogens is 344 g/mol. The summed E-state index contributed by atoms with van der Waals surface area (Å²) in [7, 11) is 0. The van der Waals surface area contributed by atoms with Gasteiger partial charge in [-0.2, -0.15) is 4.98 Å². The van der Waals surface area contributed by atoms with Gasteiger partial charge in [0, 0.05) is 28.9 Å². The third-order valence-electron chi connectivity index (χ3n) is 4.45. The lowest BCUT2D eigenvalue weighted by molar-refractivity contribution is 0.0905. The van der Waals surface area contributed by atoms with E-state index in [0.29, 0.717) is 11.7 Å². The maximum absolute atomic E-state index is 12.7. The highest BCUT2D eigenvalue weighted by Gasteiger charge is 2.23. The van der Waals surface area contributed by atoms with Gasteiger partial charge in [-0.25, -0.2) is 0 Å². The Bertz CT molecular complexity index is 1110. The zero-order chi connectivity index (χ0) is 19.0. The molecule has 1 amide bonds. The Morgan fingerprint density at radius 1 is 1.19 bits per heavy atom. The second-order valence-corrected chi connectivity index (χ2v) is 6.40. The first kappa shape index (κ1) is 17.0. The summed E-state index contributed by atoms with van der Waals surface area (Å²) in [5, 5.41) is 7.74. The van der Waals surface area contributed by atoms with E-state index in [1.165, 1.54) is 0 Å². The number of aromatic nitrogens is 3. The van der Waals surface area contributed by atoms with Crippen molar-refractivity contribution in [1.82, 2.24) is 20.4 Å². The fraction of sp³-hybridized carbons (Fsp3) is 0.200. The molecule has 136 valence electrons. The van der Waals surface area contributed by atoms with Gasteiger partial charge in [0.15, 0.2) is 5.76 Å². The van der Waals surface area contributed by atoms with E-state index in [2.05, 4.69) is 20.4 Å². The van der Waals surface area contributed by atoms with Crippen LogP contribution in [0.3, 0.4) is 0 Å². The van der Waals surface area contributed by atoms with Crippen molar-refractivity contribution < 1.29 is 13.7 Å². The molecule has 0 spiro atoms. The van der Waals surface area contributed by atoms with Crippen molar-refractivity contribution >= 4 is 16.9 Å². The van der Waals surface area contributed by atoms with Gasteiger partial charge in [0.2, 0.25) is 11.7 Å². The molecule has 7 nitrogen and oxygen atoms in total. The first-order valence-electron chi connectivity index (χ1n) is 8.58. The summed E-state index contributed by atoms with van der Waals surface area (Å²) in [6, 6.07) is 9.01. The lowest BCUT2D eigenvalue weighted by Gasteiger charge is -2.08. The smallest absolute Gasteiger partial charge is 0.287 e. The number of benzene rings is 1. The molecule has 0 radical (unpaired) electrons. The fourth-order valence-corrected chi connectivity index (χ4v) is 2.95. The summed E-state index contributed by atoms with van der Waals surface area (Å²) in [5.74, 6) is 0.705. The summed E-state index contributed by atoms with van der Waals surface area (Å²) < 4.78 is 11.1. The number of pyridine rings is 1. The minimum Gasteiger partial charge on any atom is -0.450 e. The van der Waals surface area contributed by atoms with E-state index in [4.69, 9.17) is 8.94 Å². The normalized spacial score (nSPS) is 12.3. The second kappa shape index (κ2) is 6.68. The minimum absolute atomic E-state index is 0.290. The quantitative estimate of drug-likeness (QED) is 0.590. The van der Waals surface area contributed by atoms with Gasteiger partial charge < -0.3 is 14.3 Å². The summed E-state index contributed by atoms with van der Waals surface area (Å²) in [5.41, 5.74) is 3.26. The number of para-hydroxylation sites is 1. The second-order valence-electron chi connectivity index (χ2n) is 6.40. The standard InChI is InChI=1S/C20H18N4O3/c1-11-6-4-8-15-12(2)17(26-16(11)15)19(25)22-13(3)20-23-18(24-27-20)14-7-5-9-21-10-14/h4-10,13H,1-3H3,(H,22,25)/t13-/m1/s1. The zero-order valence-electron chi connectivity index (χ0n) is 15.2. The van der Waals surface area contributed by atoms with Crippen LogP contribution in [0.4, 0.5) is 0 Å². The van der Waals surface area contributed by atoms with Crippen LogP contribution in [-0.4, -0.2) is 21.0 Å². The highest BCUT2D eigenvalue weighted by molar-refractivity contribution is 5.99. The van der Waals surface area contributed by atoms with E-state index >= 15 is 0 Å². The highest BCUT2D eigenvalue weighted by Crippen LogP contribution is 2.28. The highest BCUT2D eigenvalue weighted by atomic mass is 16.5. The monoisotopic (exact) mass is 362 g/mol. The Labute approximate surface area is 155 Å². The third-order valence-corrected chi connectivity index (χ3v) is 4.45. The predicted octanol–water partition coefficient (Wildman–Crippen LogP) is 3.99. The van der Waals surface area contributed by atoms with Crippen LogP contribution < -0.4 is 5.32 Å². The van der Waals surface area contributed by atoms with Crippen LogP contribution in [0.5, 0.6) is 0 Å². The molecular formula is C20H18N4O3. The molecule has 0 saturated carbocycles. The number of amides is 1. The lowest BCUT2D eigenvalue weighted by atomic mass is 10.1. The number of nitrogens with one attached hydrogen (secondary N) is 1. The Morgan fingerprint density at radius 2 is 2.04 bits per heavy atom. The molecule has 7 heteroatoms. The van der Waals surface area contributed by atoms with Gasteiger partial charge in [0.25, 0.3) is 5.91 Å². The van der Waals surface area contributed by atoms with Crippen molar-refractivity contribution in [3.8, 4) is 11.4 Å². The molecule has 27 heavy (non-hydrogen) atoms. The van der Waals surface area contributed by atoms with Gasteiger partial charge in [0.1, 0.15) is 11.6 Å². The molecule has 0 unspecified atom stereocenters. The topological polar surface area (TPSA) is 94.1 Å². The lowest BCUT2D eigenvalue weighted by Crippen LogP contribution is -2.27. The number of furan rings is 1. The Hall–Kier alpha value is -3.48.